The van der Waals surface area contributed by atoms with Crippen LogP contribution in [0.25, 0.3) is 0 Å². The molecule has 0 aliphatic rings. The summed E-state index contributed by atoms with van der Waals surface area (Å²) < 4.78 is 1.83. The van der Waals surface area contributed by atoms with Crippen LogP contribution >= 0.6 is 0 Å². The molecule has 0 aliphatic carbocycles. The van der Waals surface area contributed by atoms with Gasteiger partial charge in [0.2, 0.25) is 0 Å². The first kappa shape index (κ1) is 12.1. The number of nitrogens with one attached hydrogen (secondary N) is 1. The molecule has 3 nitrogen and oxygen atoms in total. The molecule has 1 aromatic rings. The molecule has 86 valence electrons. The minimum absolute atomic E-state index is 0.573. The normalized spacial score (nSPS) is 14.9. The molecule has 0 fully saturated rings. The van der Waals surface area contributed by atoms with Crippen molar-refractivity contribution in [3.05, 3.63) is 12.4 Å². The van der Waals surface area contributed by atoms with Crippen molar-refractivity contribution in [1.29, 1.82) is 0 Å². The fourth-order valence-electron chi connectivity index (χ4n) is 1.71. The zero-order valence-electron chi connectivity index (χ0n) is 10.3. The quantitative estimate of drug-likeness (QED) is 0.780. The largest absolute Gasteiger partial charge is 0.380 e. The third-order valence-electron chi connectivity index (χ3n) is 2.95. The van der Waals surface area contributed by atoms with Gasteiger partial charge in [-0.2, -0.15) is 5.10 Å². The molecule has 0 aromatic carbocycles. The van der Waals surface area contributed by atoms with Crippen LogP contribution in [0.5, 0.6) is 0 Å². The first-order valence-corrected chi connectivity index (χ1v) is 5.90. The van der Waals surface area contributed by atoms with Crippen LogP contribution in [0.2, 0.25) is 0 Å². The average Bonchev–Trinajstić information content (AvgIpc) is 2.62. The molecule has 15 heavy (non-hydrogen) atoms. The van der Waals surface area contributed by atoms with Gasteiger partial charge in [0.1, 0.15) is 0 Å². The molecule has 0 aliphatic heterocycles. The Balaban J connectivity index is 2.46. The summed E-state index contributed by atoms with van der Waals surface area (Å²) in [5.74, 6) is 0.791. The maximum atomic E-state index is 4.16. The van der Waals surface area contributed by atoms with Crippen LogP contribution in [0.3, 0.4) is 0 Å². The molecule has 3 heteroatoms. The van der Waals surface area contributed by atoms with Crippen LogP contribution in [0.15, 0.2) is 12.4 Å². The summed E-state index contributed by atoms with van der Waals surface area (Å²) in [6.07, 6.45) is 7.57. The molecule has 0 radical (unpaired) electrons. The molecular formula is C12H23N3. The van der Waals surface area contributed by atoms with Crippen LogP contribution in [0.4, 0.5) is 5.69 Å². The lowest BCUT2D eigenvalue weighted by Gasteiger charge is -2.20. The van der Waals surface area contributed by atoms with Crippen LogP contribution in [0, 0.1) is 5.92 Å². The van der Waals surface area contributed by atoms with Crippen molar-refractivity contribution in [3.63, 3.8) is 0 Å². The summed E-state index contributed by atoms with van der Waals surface area (Å²) in [5, 5.41) is 7.69. The fourth-order valence-corrected chi connectivity index (χ4v) is 1.71. The minimum Gasteiger partial charge on any atom is -0.380 e. The summed E-state index contributed by atoms with van der Waals surface area (Å²) >= 11 is 0. The van der Waals surface area contributed by atoms with Gasteiger partial charge in [0.05, 0.1) is 11.9 Å². The Morgan fingerprint density at radius 2 is 2.13 bits per heavy atom. The van der Waals surface area contributed by atoms with E-state index in [0.717, 1.165) is 11.6 Å². The molecule has 0 saturated carbocycles. The smallest absolute Gasteiger partial charge is 0.0728 e. The second kappa shape index (κ2) is 5.79. The molecule has 0 amide bonds. The van der Waals surface area contributed by atoms with E-state index in [1.807, 2.05) is 24.1 Å². The van der Waals surface area contributed by atoms with Crippen LogP contribution in [0.1, 0.15) is 40.0 Å². The summed E-state index contributed by atoms with van der Waals surface area (Å²) in [6.45, 7) is 6.80. The van der Waals surface area contributed by atoms with E-state index in [9.17, 15) is 0 Å². The standard InChI is InChI=1S/C12H23N3/c1-5-10(3)7-11(6-2)14-12-8-13-15(4)9-12/h8-11,14H,5-7H2,1-4H3/t10-,11+/m1/s1. The van der Waals surface area contributed by atoms with E-state index in [-0.39, 0.29) is 0 Å². The van der Waals surface area contributed by atoms with Crippen molar-refractivity contribution >= 4 is 5.69 Å². The van der Waals surface area contributed by atoms with Gasteiger partial charge >= 0.3 is 0 Å². The Hall–Kier alpha value is -0.990. The lowest BCUT2D eigenvalue weighted by atomic mass is 9.98. The van der Waals surface area contributed by atoms with Crippen LogP contribution < -0.4 is 5.32 Å². The van der Waals surface area contributed by atoms with Crippen molar-refractivity contribution in [3.8, 4) is 0 Å². The van der Waals surface area contributed by atoms with Gasteiger partial charge < -0.3 is 5.32 Å². The van der Waals surface area contributed by atoms with E-state index >= 15 is 0 Å². The summed E-state index contributed by atoms with van der Waals surface area (Å²) in [5.41, 5.74) is 1.13. The lowest BCUT2D eigenvalue weighted by molar-refractivity contribution is 0.462. The van der Waals surface area contributed by atoms with Crippen LogP contribution in [-0.2, 0) is 7.05 Å². The van der Waals surface area contributed by atoms with E-state index in [4.69, 9.17) is 0 Å². The SMILES string of the molecule is CC[C@@H](C)C[C@H](CC)Nc1cnn(C)c1. The zero-order valence-corrected chi connectivity index (χ0v) is 10.3. The predicted octanol–water partition coefficient (Wildman–Crippen LogP) is 3.05. The Morgan fingerprint density at radius 1 is 1.40 bits per heavy atom. The van der Waals surface area contributed by atoms with Crippen molar-refractivity contribution in [1.82, 2.24) is 9.78 Å². The Kier molecular flexibility index (Phi) is 4.66. The third-order valence-corrected chi connectivity index (χ3v) is 2.95. The van der Waals surface area contributed by atoms with E-state index in [1.165, 1.54) is 19.3 Å². The lowest BCUT2D eigenvalue weighted by Crippen LogP contribution is -2.20. The van der Waals surface area contributed by atoms with Gasteiger partial charge in [0, 0.05) is 19.3 Å². The molecule has 0 unspecified atom stereocenters. The summed E-state index contributed by atoms with van der Waals surface area (Å²) in [4.78, 5) is 0. The molecule has 0 spiro atoms. The summed E-state index contributed by atoms with van der Waals surface area (Å²) in [7, 11) is 1.95. The highest BCUT2D eigenvalue weighted by molar-refractivity contribution is 5.39. The fraction of sp³-hybridized carbons (Fsp3) is 0.750. The van der Waals surface area contributed by atoms with Gasteiger partial charge in [-0.05, 0) is 18.8 Å². The average molecular weight is 209 g/mol. The Labute approximate surface area is 92.9 Å². The molecule has 1 heterocycles. The summed E-state index contributed by atoms with van der Waals surface area (Å²) in [6, 6.07) is 0.573. The zero-order chi connectivity index (χ0) is 11.3. The van der Waals surface area contributed by atoms with Gasteiger partial charge in [-0.3, -0.25) is 4.68 Å². The molecular weight excluding hydrogens is 186 g/mol. The van der Waals surface area contributed by atoms with Gasteiger partial charge in [-0.15, -0.1) is 0 Å². The van der Waals surface area contributed by atoms with Gasteiger partial charge in [-0.25, -0.2) is 0 Å². The first-order valence-electron chi connectivity index (χ1n) is 5.90. The number of hydrogen-bond acceptors (Lipinski definition) is 2. The number of anilines is 1. The molecule has 0 saturated heterocycles. The van der Waals surface area contributed by atoms with Crippen LogP contribution in [-0.4, -0.2) is 15.8 Å². The Morgan fingerprint density at radius 3 is 2.60 bits per heavy atom. The predicted molar refractivity (Wildman–Crippen MR) is 65.0 cm³/mol. The first-order chi connectivity index (χ1) is 7.15. The number of aryl methyl sites for hydroxylation is 1. The maximum Gasteiger partial charge on any atom is 0.0728 e. The van der Waals surface area contributed by atoms with Crippen molar-refractivity contribution in [2.45, 2.75) is 46.1 Å². The number of hydrogen-bond donors (Lipinski definition) is 1. The van der Waals surface area contributed by atoms with E-state index < -0.39 is 0 Å². The highest BCUT2D eigenvalue weighted by Gasteiger charge is 2.10. The number of aromatic nitrogens is 2. The van der Waals surface area contributed by atoms with E-state index in [1.54, 1.807) is 0 Å². The van der Waals surface area contributed by atoms with Crippen molar-refractivity contribution in [2.24, 2.45) is 13.0 Å². The highest BCUT2D eigenvalue weighted by atomic mass is 15.3. The van der Waals surface area contributed by atoms with Gasteiger partial charge in [-0.1, -0.05) is 27.2 Å². The number of nitrogens with zero attached hydrogens (tertiary/aromatic N) is 2. The monoisotopic (exact) mass is 209 g/mol. The topological polar surface area (TPSA) is 29.9 Å². The minimum atomic E-state index is 0.573. The molecule has 1 aromatic heterocycles. The van der Waals surface area contributed by atoms with Crippen molar-refractivity contribution in [2.75, 3.05) is 5.32 Å². The highest BCUT2D eigenvalue weighted by Crippen LogP contribution is 2.16. The molecule has 1 N–H and O–H groups in total. The van der Waals surface area contributed by atoms with E-state index in [2.05, 4.69) is 31.2 Å². The number of rotatable bonds is 6. The maximum absolute atomic E-state index is 4.16. The second-order valence-electron chi connectivity index (χ2n) is 4.40. The second-order valence-corrected chi connectivity index (χ2v) is 4.40. The molecule has 2 atom stereocenters. The van der Waals surface area contributed by atoms with Gasteiger partial charge in [0.25, 0.3) is 0 Å². The molecule has 0 bridgehead atoms. The van der Waals surface area contributed by atoms with Gasteiger partial charge in [0.15, 0.2) is 0 Å². The molecule has 1 rings (SSSR count). The van der Waals surface area contributed by atoms with E-state index in [0.29, 0.717) is 6.04 Å². The van der Waals surface area contributed by atoms with Crippen molar-refractivity contribution < 1.29 is 0 Å². The Bertz CT molecular complexity index is 280. The third kappa shape index (κ3) is 3.94.